The van der Waals surface area contributed by atoms with Crippen LogP contribution in [0.4, 0.5) is 0 Å². The Bertz CT molecular complexity index is 727. The predicted octanol–water partition coefficient (Wildman–Crippen LogP) is 4.32. The minimum absolute atomic E-state index is 0.184. The number of carbonyl (C=O) groups is 1. The zero-order valence-corrected chi connectivity index (χ0v) is 15.8. The van der Waals surface area contributed by atoms with Crippen LogP contribution in [0.3, 0.4) is 0 Å². The van der Waals surface area contributed by atoms with Crippen LogP contribution >= 0.6 is 11.8 Å². The second-order valence-electron chi connectivity index (χ2n) is 6.33. The third-order valence-electron chi connectivity index (χ3n) is 4.70. The van der Waals surface area contributed by atoms with E-state index >= 15 is 0 Å². The summed E-state index contributed by atoms with van der Waals surface area (Å²) in [5.74, 6) is 1.51. The summed E-state index contributed by atoms with van der Waals surface area (Å²) in [5, 5.41) is 0. The molecule has 0 saturated carbocycles. The Kier molecular flexibility index (Phi) is 6.03. The second kappa shape index (κ2) is 8.43. The highest BCUT2D eigenvalue weighted by atomic mass is 32.2. The van der Waals surface area contributed by atoms with Crippen LogP contribution in [0, 0.1) is 0 Å². The highest BCUT2D eigenvalue weighted by Crippen LogP contribution is 2.27. The molecule has 0 atom stereocenters. The van der Waals surface area contributed by atoms with Crippen LogP contribution in [0.25, 0.3) is 0 Å². The largest absolute Gasteiger partial charge is 0.497 e. The number of nitrogens with zero attached hydrogens (tertiary/aromatic N) is 1. The maximum Gasteiger partial charge on any atom is 0.233 e. The minimum Gasteiger partial charge on any atom is -0.497 e. The van der Waals surface area contributed by atoms with Gasteiger partial charge in [-0.3, -0.25) is 4.79 Å². The van der Waals surface area contributed by atoms with Crippen molar-refractivity contribution in [2.75, 3.05) is 19.4 Å². The monoisotopic (exact) mass is 355 g/mol. The zero-order chi connectivity index (χ0) is 17.6. The molecule has 0 radical (unpaired) electrons. The number of methoxy groups -OCH3 is 1. The number of rotatable bonds is 7. The van der Waals surface area contributed by atoms with Crippen molar-refractivity contribution >= 4 is 17.7 Å². The van der Waals surface area contributed by atoms with Crippen molar-refractivity contribution in [1.29, 1.82) is 0 Å². The first-order valence-corrected chi connectivity index (χ1v) is 9.83. The number of hydrogen-bond donors (Lipinski definition) is 0. The first-order valence-electron chi connectivity index (χ1n) is 8.85. The smallest absolute Gasteiger partial charge is 0.233 e. The van der Waals surface area contributed by atoms with E-state index in [-0.39, 0.29) is 5.91 Å². The minimum atomic E-state index is 0.184. The Labute approximate surface area is 154 Å². The molecule has 0 bridgehead atoms. The van der Waals surface area contributed by atoms with Crippen molar-refractivity contribution in [1.82, 2.24) is 4.90 Å². The van der Waals surface area contributed by atoms with Gasteiger partial charge in [0.25, 0.3) is 0 Å². The van der Waals surface area contributed by atoms with E-state index in [2.05, 4.69) is 18.2 Å². The lowest BCUT2D eigenvalue weighted by molar-refractivity contribution is -0.128. The lowest BCUT2D eigenvalue weighted by atomic mass is 10.1. The Morgan fingerprint density at radius 2 is 1.88 bits per heavy atom. The number of carbonyl (C=O) groups excluding carboxylic acids is 1. The van der Waals surface area contributed by atoms with Crippen molar-refractivity contribution in [3.05, 3.63) is 59.2 Å². The molecule has 4 heteroatoms. The molecule has 0 unspecified atom stereocenters. The molecule has 1 aliphatic carbocycles. The Hall–Kier alpha value is -1.94. The summed E-state index contributed by atoms with van der Waals surface area (Å²) in [6, 6.07) is 14.6. The quantitative estimate of drug-likeness (QED) is 0.693. The number of aryl methyl sites for hydroxylation is 2. The Balaban J connectivity index is 1.56. The molecule has 3 rings (SSSR count). The maximum absolute atomic E-state index is 12.6. The fourth-order valence-corrected chi connectivity index (χ4v) is 4.06. The summed E-state index contributed by atoms with van der Waals surface area (Å²) in [6.07, 6.45) is 3.63. The molecule has 0 N–H and O–H groups in total. The molecule has 132 valence electrons. The van der Waals surface area contributed by atoms with Gasteiger partial charge in [-0.05, 0) is 67.1 Å². The molecular weight excluding hydrogens is 330 g/mol. The van der Waals surface area contributed by atoms with Gasteiger partial charge < -0.3 is 9.64 Å². The summed E-state index contributed by atoms with van der Waals surface area (Å²) < 4.78 is 5.18. The van der Waals surface area contributed by atoms with Crippen molar-refractivity contribution in [3.63, 3.8) is 0 Å². The molecule has 2 aromatic rings. The van der Waals surface area contributed by atoms with Gasteiger partial charge in [0.15, 0.2) is 0 Å². The van der Waals surface area contributed by atoms with Crippen molar-refractivity contribution in [2.45, 2.75) is 37.6 Å². The van der Waals surface area contributed by atoms with E-state index in [1.165, 1.54) is 35.3 Å². The van der Waals surface area contributed by atoms with Crippen LogP contribution in [0.1, 0.15) is 30.0 Å². The fraction of sp³-hybridized carbons (Fsp3) is 0.381. The van der Waals surface area contributed by atoms with Crippen molar-refractivity contribution in [3.8, 4) is 5.75 Å². The third kappa shape index (κ3) is 4.57. The standard InChI is InChI=1S/C21H25NO2S/c1-3-22(14-16-7-10-19(24-2)11-8-16)21(23)15-25-20-12-9-17-5-4-6-18(17)13-20/h7-13H,3-6,14-15H2,1-2H3. The zero-order valence-electron chi connectivity index (χ0n) is 15.0. The van der Waals surface area contributed by atoms with Crippen LogP contribution in [0.2, 0.25) is 0 Å². The molecule has 0 fully saturated rings. The van der Waals surface area contributed by atoms with Crippen LogP contribution in [-0.4, -0.2) is 30.2 Å². The average molecular weight is 356 g/mol. The van der Waals surface area contributed by atoms with Gasteiger partial charge in [-0.25, -0.2) is 0 Å². The van der Waals surface area contributed by atoms with Gasteiger partial charge in [0.05, 0.1) is 12.9 Å². The number of thioether (sulfide) groups is 1. The molecule has 1 aliphatic rings. The second-order valence-corrected chi connectivity index (χ2v) is 7.38. The molecule has 2 aromatic carbocycles. The summed E-state index contributed by atoms with van der Waals surface area (Å²) >= 11 is 1.64. The number of amides is 1. The van der Waals surface area contributed by atoms with Gasteiger partial charge in [-0.1, -0.05) is 18.2 Å². The van der Waals surface area contributed by atoms with Crippen molar-refractivity contribution in [2.24, 2.45) is 0 Å². The van der Waals surface area contributed by atoms with E-state index in [4.69, 9.17) is 4.74 Å². The highest BCUT2D eigenvalue weighted by molar-refractivity contribution is 8.00. The molecule has 25 heavy (non-hydrogen) atoms. The molecule has 0 saturated heterocycles. The van der Waals surface area contributed by atoms with E-state index in [0.717, 1.165) is 17.9 Å². The first kappa shape index (κ1) is 17.9. The summed E-state index contributed by atoms with van der Waals surface area (Å²) in [6.45, 7) is 3.39. The third-order valence-corrected chi connectivity index (χ3v) is 5.68. The van der Waals surface area contributed by atoms with Crippen LogP contribution in [0.5, 0.6) is 5.75 Å². The number of fused-ring (bicyclic) bond motifs is 1. The normalized spacial score (nSPS) is 12.7. The molecule has 1 amide bonds. The van der Waals surface area contributed by atoms with Gasteiger partial charge in [0, 0.05) is 18.0 Å². The van der Waals surface area contributed by atoms with Crippen LogP contribution in [0.15, 0.2) is 47.4 Å². The molecule has 0 aliphatic heterocycles. The van der Waals surface area contributed by atoms with Gasteiger partial charge in [0.2, 0.25) is 5.91 Å². The first-order chi connectivity index (χ1) is 12.2. The number of ether oxygens (including phenoxy) is 1. The van der Waals surface area contributed by atoms with E-state index in [1.54, 1.807) is 18.9 Å². The van der Waals surface area contributed by atoms with E-state index in [9.17, 15) is 4.79 Å². The summed E-state index contributed by atoms with van der Waals surface area (Å²) in [7, 11) is 1.66. The van der Waals surface area contributed by atoms with Gasteiger partial charge in [0.1, 0.15) is 5.75 Å². The lowest BCUT2D eigenvalue weighted by Crippen LogP contribution is -2.31. The molecule has 0 heterocycles. The number of benzene rings is 2. The van der Waals surface area contributed by atoms with Crippen molar-refractivity contribution < 1.29 is 9.53 Å². The molecule has 0 aromatic heterocycles. The topological polar surface area (TPSA) is 29.5 Å². The van der Waals surface area contributed by atoms with Gasteiger partial charge in [-0.15, -0.1) is 11.8 Å². The lowest BCUT2D eigenvalue weighted by Gasteiger charge is -2.21. The Morgan fingerprint density at radius 3 is 2.60 bits per heavy atom. The van der Waals surface area contributed by atoms with Gasteiger partial charge >= 0.3 is 0 Å². The highest BCUT2D eigenvalue weighted by Gasteiger charge is 2.15. The SMILES string of the molecule is CCN(Cc1ccc(OC)cc1)C(=O)CSc1ccc2c(c1)CCC2. The van der Waals surface area contributed by atoms with E-state index in [0.29, 0.717) is 12.3 Å². The maximum atomic E-state index is 12.6. The summed E-state index contributed by atoms with van der Waals surface area (Å²) in [4.78, 5) is 15.7. The fourth-order valence-electron chi connectivity index (χ4n) is 3.20. The molecule has 0 spiro atoms. The Morgan fingerprint density at radius 1 is 1.12 bits per heavy atom. The average Bonchev–Trinajstić information content (AvgIpc) is 3.12. The van der Waals surface area contributed by atoms with E-state index < -0.39 is 0 Å². The van der Waals surface area contributed by atoms with E-state index in [1.807, 2.05) is 36.1 Å². The van der Waals surface area contributed by atoms with Crippen LogP contribution < -0.4 is 4.74 Å². The number of hydrogen-bond acceptors (Lipinski definition) is 3. The molecular formula is C21H25NO2S. The van der Waals surface area contributed by atoms with Gasteiger partial charge in [-0.2, -0.15) is 0 Å². The summed E-state index contributed by atoms with van der Waals surface area (Å²) in [5.41, 5.74) is 4.06. The predicted molar refractivity (Wildman–Crippen MR) is 103 cm³/mol. The molecule has 3 nitrogen and oxygen atoms in total. The van der Waals surface area contributed by atoms with Crippen LogP contribution in [-0.2, 0) is 24.2 Å².